The second-order valence-electron chi connectivity index (χ2n) is 8.72. The SMILES string of the molecule is CC(=O)N1CCC(C(=O)OCC(=O)Nc2ccc(N3CCOCC3)cc2)(c2ccccc2)CC1. The summed E-state index contributed by atoms with van der Waals surface area (Å²) in [5, 5.41) is 2.79. The number of carbonyl (C=O) groups excluding carboxylic acids is 3. The zero-order valence-electron chi connectivity index (χ0n) is 19.5. The van der Waals surface area contributed by atoms with Crippen LogP contribution in [0.25, 0.3) is 0 Å². The number of carbonyl (C=O) groups is 3. The molecule has 2 aromatic rings. The van der Waals surface area contributed by atoms with Crippen LogP contribution in [0.2, 0.25) is 0 Å². The maximum absolute atomic E-state index is 13.3. The van der Waals surface area contributed by atoms with E-state index in [1.165, 1.54) is 6.92 Å². The van der Waals surface area contributed by atoms with Gasteiger partial charge in [0, 0.05) is 44.5 Å². The van der Waals surface area contributed by atoms with Crippen LogP contribution in [-0.4, -0.2) is 68.7 Å². The van der Waals surface area contributed by atoms with Crippen molar-refractivity contribution in [3.63, 3.8) is 0 Å². The van der Waals surface area contributed by atoms with Crippen LogP contribution in [0.5, 0.6) is 0 Å². The van der Waals surface area contributed by atoms with Gasteiger partial charge in [-0.05, 0) is 42.7 Å². The van der Waals surface area contributed by atoms with Gasteiger partial charge in [0.05, 0.1) is 18.6 Å². The molecule has 0 unspecified atom stereocenters. The molecule has 8 nitrogen and oxygen atoms in total. The van der Waals surface area contributed by atoms with E-state index in [0.29, 0.717) is 44.8 Å². The molecule has 0 bridgehead atoms. The number of nitrogens with zero attached hydrogens (tertiary/aromatic N) is 2. The summed E-state index contributed by atoms with van der Waals surface area (Å²) in [6, 6.07) is 17.1. The smallest absolute Gasteiger partial charge is 0.317 e. The molecule has 2 amide bonds. The summed E-state index contributed by atoms with van der Waals surface area (Å²) in [6.45, 7) is 5.22. The van der Waals surface area contributed by atoms with Crippen molar-refractivity contribution >= 4 is 29.2 Å². The molecule has 0 spiro atoms. The van der Waals surface area contributed by atoms with Crippen LogP contribution >= 0.6 is 0 Å². The first kappa shape index (κ1) is 23.8. The van der Waals surface area contributed by atoms with Crippen LogP contribution < -0.4 is 10.2 Å². The van der Waals surface area contributed by atoms with E-state index in [0.717, 1.165) is 24.3 Å². The predicted molar refractivity (Wildman–Crippen MR) is 129 cm³/mol. The molecule has 0 radical (unpaired) electrons. The Kier molecular flexibility index (Phi) is 7.47. The van der Waals surface area contributed by atoms with Crippen molar-refractivity contribution in [1.29, 1.82) is 0 Å². The molecule has 2 aliphatic rings. The third kappa shape index (κ3) is 5.39. The maximum atomic E-state index is 13.3. The number of esters is 1. The van der Waals surface area contributed by atoms with Gasteiger partial charge >= 0.3 is 5.97 Å². The Morgan fingerprint density at radius 3 is 2.21 bits per heavy atom. The van der Waals surface area contributed by atoms with Crippen LogP contribution in [0.3, 0.4) is 0 Å². The molecule has 0 saturated carbocycles. The van der Waals surface area contributed by atoms with Crippen LogP contribution in [0.4, 0.5) is 11.4 Å². The summed E-state index contributed by atoms with van der Waals surface area (Å²) in [6.07, 6.45) is 0.917. The van der Waals surface area contributed by atoms with Crippen LogP contribution in [0.15, 0.2) is 54.6 Å². The lowest BCUT2D eigenvalue weighted by Gasteiger charge is -2.40. The number of hydrogen-bond donors (Lipinski definition) is 1. The third-order valence-electron chi connectivity index (χ3n) is 6.64. The first-order valence-electron chi connectivity index (χ1n) is 11.7. The van der Waals surface area contributed by atoms with Gasteiger partial charge in [-0.15, -0.1) is 0 Å². The number of ether oxygens (including phenoxy) is 2. The number of nitrogens with one attached hydrogen (secondary N) is 1. The molecular formula is C26H31N3O5. The lowest BCUT2D eigenvalue weighted by Crippen LogP contribution is -2.49. The van der Waals surface area contributed by atoms with Crippen molar-refractivity contribution < 1.29 is 23.9 Å². The highest BCUT2D eigenvalue weighted by atomic mass is 16.5. The van der Waals surface area contributed by atoms with Gasteiger partial charge in [-0.3, -0.25) is 14.4 Å². The van der Waals surface area contributed by atoms with Crippen molar-refractivity contribution in [2.45, 2.75) is 25.2 Å². The van der Waals surface area contributed by atoms with Gasteiger partial charge in [-0.2, -0.15) is 0 Å². The van der Waals surface area contributed by atoms with E-state index in [4.69, 9.17) is 9.47 Å². The van der Waals surface area contributed by atoms with E-state index in [1.807, 2.05) is 54.6 Å². The Morgan fingerprint density at radius 1 is 0.941 bits per heavy atom. The van der Waals surface area contributed by atoms with E-state index < -0.39 is 17.3 Å². The molecule has 1 N–H and O–H groups in total. The van der Waals surface area contributed by atoms with E-state index >= 15 is 0 Å². The Bertz CT molecular complexity index is 995. The maximum Gasteiger partial charge on any atom is 0.317 e. The highest BCUT2D eigenvalue weighted by molar-refractivity contribution is 5.94. The topological polar surface area (TPSA) is 88.2 Å². The van der Waals surface area contributed by atoms with E-state index in [9.17, 15) is 14.4 Å². The fraction of sp³-hybridized carbons (Fsp3) is 0.423. The lowest BCUT2D eigenvalue weighted by molar-refractivity contribution is -0.156. The molecule has 8 heteroatoms. The average Bonchev–Trinajstić information content (AvgIpc) is 2.88. The van der Waals surface area contributed by atoms with E-state index in [1.54, 1.807) is 4.90 Å². The lowest BCUT2D eigenvalue weighted by atomic mass is 9.72. The van der Waals surface area contributed by atoms with Crippen LogP contribution in [0, 0.1) is 0 Å². The van der Waals surface area contributed by atoms with Gasteiger partial charge in [0.15, 0.2) is 6.61 Å². The number of benzene rings is 2. The summed E-state index contributed by atoms with van der Waals surface area (Å²) < 4.78 is 10.9. The minimum atomic E-state index is -0.868. The zero-order chi connectivity index (χ0) is 24.0. The Labute approximate surface area is 199 Å². The first-order valence-corrected chi connectivity index (χ1v) is 11.7. The number of rotatable bonds is 6. The fourth-order valence-electron chi connectivity index (χ4n) is 4.61. The monoisotopic (exact) mass is 465 g/mol. The molecule has 2 heterocycles. The molecule has 2 aliphatic heterocycles. The molecule has 0 aliphatic carbocycles. The summed E-state index contributed by atoms with van der Waals surface area (Å²) in [5.41, 5.74) is 1.70. The number of piperidine rings is 1. The number of hydrogen-bond acceptors (Lipinski definition) is 6. The standard InChI is InChI=1S/C26H31N3O5/c1-20(30)28-13-11-26(12-14-28,21-5-3-2-4-6-21)25(32)34-19-24(31)27-22-7-9-23(10-8-22)29-15-17-33-18-16-29/h2-10H,11-19H2,1H3,(H,27,31). The van der Waals surface area contributed by atoms with Crippen molar-refractivity contribution in [3.8, 4) is 0 Å². The van der Waals surface area contributed by atoms with Crippen LogP contribution in [0.1, 0.15) is 25.3 Å². The van der Waals surface area contributed by atoms with Crippen LogP contribution in [-0.2, 0) is 29.3 Å². The summed E-state index contributed by atoms with van der Waals surface area (Å²) in [5.74, 6) is -0.828. The van der Waals surface area contributed by atoms with E-state index in [-0.39, 0.29) is 12.5 Å². The fourth-order valence-corrected chi connectivity index (χ4v) is 4.61. The predicted octanol–water partition coefficient (Wildman–Crippen LogP) is 2.59. The van der Waals surface area contributed by atoms with Gasteiger partial charge in [-0.25, -0.2) is 0 Å². The summed E-state index contributed by atoms with van der Waals surface area (Å²) in [7, 11) is 0. The molecule has 180 valence electrons. The van der Waals surface area contributed by atoms with Crippen molar-refractivity contribution in [1.82, 2.24) is 4.90 Å². The van der Waals surface area contributed by atoms with Crippen molar-refractivity contribution in [2.24, 2.45) is 0 Å². The first-order chi connectivity index (χ1) is 16.5. The highest BCUT2D eigenvalue weighted by Gasteiger charge is 2.44. The Hall–Kier alpha value is -3.39. The highest BCUT2D eigenvalue weighted by Crippen LogP contribution is 2.37. The van der Waals surface area contributed by atoms with Gasteiger partial charge < -0.3 is 24.6 Å². The molecule has 34 heavy (non-hydrogen) atoms. The van der Waals surface area contributed by atoms with Gasteiger partial charge in [-0.1, -0.05) is 30.3 Å². The second-order valence-corrected chi connectivity index (χ2v) is 8.72. The molecule has 2 aromatic carbocycles. The molecule has 2 fully saturated rings. The molecular weight excluding hydrogens is 434 g/mol. The van der Waals surface area contributed by atoms with E-state index in [2.05, 4.69) is 10.2 Å². The largest absolute Gasteiger partial charge is 0.455 e. The van der Waals surface area contributed by atoms with Crippen molar-refractivity contribution in [2.75, 3.05) is 56.2 Å². The van der Waals surface area contributed by atoms with Gasteiger partial charge in [0.2, 0.25) is 5.91 Å². The minimum Gasteiger partial charge on any atom is -0.455 e. The summed E-state index contributed by atoms with van der Waals surface area (Å²) in [4.78, 5) is 41.5. The average molecular weight is 466 g/mol. The number of likely N-dealkylation sites (tertiary alicyclic amines) is 1. The molecule has 0 atom stereocenters. The minimum absolute atomic E-state index is 0.00551. The zero-order valence-corrected chi connectivity index (χ0v) is 19.5. The number of amides is 2. The second kappa shape index (κ2) is 10.7. The molecule has 2 saturated heterocycles. The quantitative estimate of drug-likeness (QED) is 0.660. The van der Waals surface area contributed by atoms with Gasteiger partial charge in [0.25, 0.3) is 5.91 Å². The van der Waals surface area contributed by atoms with Gasteiger partial charge in [0.1, 0.15) is 0 Å². The third-order valence-corrected chi connectivity index (χ3v) is 6.64. The number of anilines is 2. The summed E-state index contributed by atoms with van der Waals surface area (Å²) >= 11 is 0. The number of morpholine rings is 1. The normalized spacial score (nSPS) is 17.7. The molecule has 0 aromatic heterocycles. The Morgan fingerprint density at radius 2 is 1.59 bits per heavy atom. The molecule has 4 rings (SSSR count). The van der Waals surface area contributed by atoms with Crippen molar-refractivity contribution in [3.05, 3.63) is 60.2 Å². The Balaban J connectivity index is 1.36.